The number of thioether (sulfide) groups is 1. The predicted molar refractivity (Wildman–Crippen MR) is 94.2 cm³/mol. The molecule has 3 N–H and O–H groups in total. The molecule has 1 atom stereocenters. The molecular weight excluding hydrogens is 352 g/mol. The second-order valence-electron chi connectivity index (χ2n) is 4.60. The Hall–Kier alpha value is -1.97. The Morgan fingerprint density at radius 2 is 2.04 bits per heavy atom. The molecule has 3 heterocycles. The number of hydrogen-bond acceptors (Lipinski definition) is 7. The Morgan fingerprint density at radius 1 is 1.26 bits per heavy atom. The molecule has 6 nitrogen and oxygen atoms in total. The number of aromatic nitrogens is 2. The number of nitrogens with one attached hydrogen (secondary N) is 1. The average Bonchev–Trinajstić information content (AvgIpc) is 3.16. The van der Waals surface area contributed by atoms with Gasteiger partial charge < -0.3 is 11.1 Å². The number of nitrogens with two attached hydrogens (primary N) is 1. The summed E-state index contributed by atoms with van der Waals surface area (Å²) in [6, 6.07) is 3.54. The summed E-state index contributed by atoms with van der Waals surface area (Å²) in [5.41, 5.74) is 5.60. The van der Waals surface area contributed by atoms with Crippen LogP contribution in [-0.4, -0.2) is 27.0 Å². The lowest BCUT2D eigenvalue weighted by molar-refractivity contribution is -0.115. The molecule has 3 aromatic heterocycles. The first-order chi connectivity index (χ1) is 11.1. The lowest BCUT2D eigenvalue weighted by Gasteiger charge is -2.11. The molecule has 3 aromatic rings. The molecule has 0 radical (unpaired) electrons. The van der Waals surface area contributed by atoms with E-state index in [1.165, 1.54) is 40.8 Å². The van der Waals surface area contributed by atoms with E-state index in [9.17, 15) is 9.59 Å². The van der Waals surface area contributed by atoms with Crippen LogP contribution in [0.15, 0.2) is 34.2 Å². The van der Waals surface area contributed by atoms with E-state index in [0.29, 0.717) is 10.6 Å². The highest BCUT2D eigenvalue weighted by Crippen LogP contribution is 2.31. The summed E-state index contributed by atoms with van der Waals surface area (Å²) in [6.07, 6.45) is 1.50. The van der Waals surface area contributed by atoms with E-state index in [2.05, 4.69) is 15.3 Å². The van der Waals surface area contributed by atoms with Crippen molar-refractivity contribution in [3.8, 4) is 0 Å². The molecule has 0 aliphatic heterocycles. The zero-order valence-corrected chi connectivity index (χ0v) is 14.4. The number of amides is 2. The maximum absolute atomic E-state index is 12.3. The van der Waals surface area contributed by atoms with Gasteiger partial charge >= 0.3 is 0 Å². The summed E-state index contributed by atoms with van der Waals surface area (Å²) in [7, 11) is 0. The van der Waals surface area contributed by atoms with Crippen molar-refractivity contribution in [3.05, 3.63) is 34.8 Å². The fraction of sp³-hybridized carbons (Fsp3) is 0.143. The first kappa shape index (κ1) is 15.9. The molecule has 3 rings (SSSR count). The van der Waals surface area contributed by atoms with Crippen molar-refractivity contribution >= 4 is 61.5 Å². The van der Waals surface area contributed by atoms with Gasteiger partial charge in [0.1, 0.15) is 21.2 Å². The summed E-state index contributed by atoms with van der Waals surface area (Å²) in [4.78, 5) is 33.0. The Morgan fingerprint density at radius 3 is 2.83 bits per heavy atom. The van der Waals surface area contributed by atoms with Gasteiger partial charge in [-0.15, -0.1) is 22.7 Å². The molecule has 0 bridgehead atoms. The van der Waals surface area contributed by atoms with Crippen LogP contribution in [0.3, 0.4) is 0 Å². The standard InChI is InChI=1S/C14H12N4O2S3/c1-7(11(20)18-14-8(10(15)19)2-4-22-14)23-13-9-3-5-21-12(9)16-6-17-13/h2-7H,1H3,(H2,15,19)(H,18,20)/t7-/m0/s1. The molecular formula is C14H12N4O2S3. The van der Waals surface area contributed by atoms with Crippen LogP contribution in [0.4, 0.5) is 5.00 Å². The molecule has 118 valence electrons. The molecule has 0 saturated carbocycles. The van der Waals surface area contributed by atoms with Gasteiger partial charge in [0.25, 0.3) is 5.91 Å². The number of fused-ring (bicyclic) bond motifs is 1. The van der Waals surface area contributed by atoms with Gasteiger partial charge in [-0.3, -0.25) is 9.59 Å². The van der Waals surface area contributed by atoms with E-state index in [1.807, 2.05) is 11.4 Å². The van der Waals surface area contributed by atoms with E-state index in [0.717, 1.165) is 15.2 Å². The van der Waals surface area contributed by atoms with E-state index in [1.54, 1.807) is 18.4 Å². The van der Waals surface area contributed by atoms with Gasteiger partial charge in [0.2, 0.25) is 5.91 Å². The Balaban J connectivity index is 1.74. The Labute approximate surface area is 144 Å². The highest BCUT2D eigenvalue weighted by Gasteiger charge is 2.20. The normalized spacial score (nSPS) is 12.2. The Kier molecular flexibility index (Phi) is 4.60. The molecule has 0 aromatic carbocycles. The van der Waals surface area contributed by atoms with Gasteiger partial charge in [-0.2, -0.15) is 0 Å². The second-order valence-corrected chi connectivity index (χ2v) is 7.74. The van der Waals surface area contributed by atoms with Crippen molar-refractivity contribution in [3.63, 3.8) is 0 Å². The lowest BCUT2D eigenvalue weighted by atomic mass is 10.3. The summed E-state index contributed by atoms with van der Waals surface area (Å²) >= 11 is 4.15. The average molecular weight is 364 g/mol. The summed E-state index contributed by atoms with van der Waals surface area (Å²) in [6.45, 7) is 1.79. The molecule has 23 heavy (non-hydrogen) atoms. The van der Waals surface area contributed by atoms with Gasteiger partial charge in [0.05, 0.1) is 10.8 Å². The van der Waals surface area contributed by atoms with Crippen LogP contribution < -0.4 is 11.1 Å². The highest BCUT2D eigenvalue weighted by molar-refractivity contribution is 8.00. The Bertz CT molecular complexity index is 874. The van der Waals surface area contributed by atoms with Gasteiger partial charge in [-0.05, 0) is 29.8 Å². The molecule has 0 spiro atoms. The number of rotatable bonds is 5. The first-order valence-electron chi connectivity index (χ1n) is 6.59. The smallest absolute Gasteiger partial charge is 0.251 e. The maximum Gasteiger partial charge on any atom is 0.251 e. The number of nitrogens with zero attached hydrogens (tertiary/aromatic N) is 2. The van der Waals surface area contributed by atoms with Gasteiger partial charge in [-0.25, -0.2) is 9.97 Å². The summed E-state index contributed by atoms with van der Waals surface area (Å²) < 4.78 is 0. The third-order valence-electron chi connectivity index (χ3n) is 3.05. The predicted octanol–water partition coefficient (Wildman–Crippen LogP) is 2.97. The maximum atomic E-state index is 12.3. The topological polar surface area (TPSA) is 98.0 Å². The number of carbonyl (C=O) groups excluding carboxylic acids is 2. The number of anilines is 1. The third-order valence-corrected chi connectivity index (χ3v) is 5.82. The van der Waals surface area contributed by atoms with Crippen molar-refractivity contribution in [2.75, 3.05) is 5.32 Å². The fourth-order valence-corrected chi connectivity index (χ4v) is 4.39. The minimum Gasteiger partial charge on any atom is -0.366 e. The second kappa shape index (κ2) is 6.65. The molecule has 0 unspecified atom stereocenters. The zero-order valence-electron chi connectivity index (χ0n) is 12.0. The van der Waals surface area contributed by atoms with Crippen LogP contribution in [0.5, 0.6) is 0 Å². The largest absolute Gasteiger partial charge is 0.366 e. The fourth-order valence-electron chi connectivity index (χ4n) is 1.90. The van der Waals surface area contributed by atoms with Gasteiger partial charge in [0.15, 0.2) is 0 Å². The molecule has 0 aliphatic carbocycles. The third kappa shape index (κ3) is 3.36. The van der Waals surface area contributed by atoms with Crippen LogP contribution >= 0.6 is 34.4 Å². The minimum atomic E-state index is -0.558. The van der Waals surface area contributed by atoms with E-state index in [-0.39, 0.29) is 11.2 Å². The number of hydrogen-bond donors (Lipinski definition) is 2. The molecule has 0 fully saturated rings. The lowest BCUT2D eigenvalue weighted by Crippen LogP contribution is -2.23. The first-order valence-corrected chi connectivity index (χ1v) is 9.23. The van der Waals surface area contributed by atoms with Crippen LogP contribution in [0.1, 0.15) is 17.3 Å². The molecule has 9 heteroatoms. The van der Waals surface area contributed by atoms with Crippen LogP contribution in [0.2, 0.25) is 0 Å². The van der Waals surface area contributed by atoms with Crippen molar-refractivity contribution in [1.82, 2.24) is 9.97 Å². The number of thiophene rings is 2. The summed E-state index contributed by atoms with van der Waals surface area (Å²) in [5, 5.41) is 8.21. The number of primary amides is 1. The van der Waals surface area contributed by atoms with Crippen LogP contribution in [-0.2, 0) is 4.79 Å². The zero-order chi connectivity index (χ0) is 16.4. The SMILES string of the molecule is C[C@H](Sc1ncnc2sccc12)C(=O)Nc1sccc1C(N)=O. The van der Waals surface area contributed by atoms with E-state index >= 15 is 0 Å². The minimum absolute atomic E-state index is 0.207. The van der Waals surface area contributed by atoms with Gasteiger partial charge in [0, 0.05) is 5.39 Å². The molecule has 2 amide bonds. The summed E-state index contributed by atoms with van der Waals surface area (Å²) in [5.74, 6) is -0.764. The van der Waals surface area contributed by atoms with Gasteiger partial charge in [-0.1, -0.05) is 11.8 Å². The van der Waals surface area contributed by atoms with Crippen molar-refractivity contribution in [2.45, 2.75) is 17.2 Å². The van der Waals surface area contributed by atoms with E-state index < -0.39 is 5.91 Å². The quantitative estimate of drug-likeness (QED) is 0.536. The highest BCUT2D eigenvalue weighted by atomic mass is 32.2. The number of carbonyl (C=O) groups is 2. The van der Waals surface area contributed by atoms with Crippen LogP contribution in [0, 0.1) is 0 Å². The van der Waals surface area contributed by atoms with Crippen molar-refractivity contribution in [2.24, 2.45) is 5.73 Å². The monoisotopic (exact) mass is 364 g/mol. The van der Waals surface area contributed by atoms with E-state index in [4.69, 9.17) is 5.73 Å². The molecule has 0 aliphatic rings. The van der Waals surface area contributed by atoms with Crippen molar-refractivity contribution in [1.29, 1.82) is 0 Å². The van der Waals surface area contributed by atoms with Crippen molar-refractivity contribution < 1.29 is 9.59 Å². The van der Waals surface area contributed by atoms with Crippen LogP contribution in [0.25, 0.3) is 10.2 Å². The molecule has 0 saturated heterocycles.